The largest absolute Gasteiger partial charge is 0.462 e. The lowest BCUT2D eigenvalue weighted by Gasteiger charge is -2.27. The lowest BCUT2D eigenvalue weighted by atomic mass is 9.80. The Labute approximate surface area is 147 Å². The highest BCUT2D eigenvalue weighted by Crippen LogP contribution is 2.32. The maximum atomic E-state index is 11.8. The third kappa shape index (κ3) is 5.00. The van der Waals surface area contributed by atoms with E-state index in [-0.39, 0.29) is 35.6 Å². The van der Waals surface area contributed by atoms with Crippen LogP contribution in [0.2, 0.25) is 0 Å². The number of ether oxygens (including phenoxy) is 2. The molecule has 0 saturated carbocycles. The number of ketones is 1. The van der Waals surface area contributed by atoms with Crippen LogP contribution in [0.4, 0.5) is 0 Å². The van der Waals surface area contributed by atoms with E-state index in [2.05, 4.69) is 6.92 Å². The van der Waals surface area contributed by atoms with Gasteiger partial charge in [-0.05, 0) is 31.8 Å². The highest BCUT2D eigenvalue weighted by molar-refractivity contribution is 5.92. The number of hydrogen-bond donors (Lipinski definition) is 0. The van der Waals surface area contributed by atoms with Gasteiger partial charge in [-0.2, -0.15) is 0 Å². The van der Waals surface area contributed by atoms with E-state index in [4.69, 9.17) is 9.47 Å². The van der Waals surface area contributed by atoms with Gasteiger partial charge in [-0.3, -0.25) is 9.59 Å². The van der Waals surface area contributed by atoms with Crippen molar-refractivity contribution in [1.82, 2.24) is 0 Å². The molecule has 0 aliphatic carbocycles. The molecule has 0 aromatic rings. The Bertz CT molecular complexity index is 566. The van der Waals surface area contributed by atoms with Crippen molar-refractivity contribution in [2.75, 3.05) is 0 Å². The van der Waals surface area contributed by atoms with Crippen LogP contribution in [0.15, 0.2) is 12.2 Å². The fraction of sp³-hybridized carbons (Fsp3) is 0.684. The minimum absolute atomic E-state index is 0.0696. The van der Waals surface area contributed by atoms with Gasteiger partial charge in [-0.1, -0.05) is 20.3 Å². The fourth-order valence-electron chi connectivity index (χ4n) is 3.66. The monoisotopic (exact) mass is 350 g/mol. The summed E-state index contributed by atoms with van der Waals surface area (Å²) in [5.41, 5.74) is 0. The molecule has 6 nitrogen and oxygen atoms in total. The van der Waals surface area contributed by atoms with Crippen molar-refractivity contribution in [3.63, 3.8) is 0 Å². The standard InChI is InChI=1S/C19H26O6/c1-11(8-17-12(2)9-19(23)25-17)4-5-14(15(10-20)13(3)21)16-6-7-18(22)24-16/h6-7,10-12,14-17H,4-5,8-9H2,1-3H3. The van der Waals surface area contributed by atoms with E-state index in [1.54, 1.807) is 6.08 Å². The molecule has 2 rings (SSSR count). The second-order valence-corrected chi connectivity index (χ2v) is 7.32. The second kappa shape index (κ2) is 8.41. The van der Waals surface area contributed by atoms with Crippen LogP contribution in [0.1, 0.15) is 46.5 Å². The molecule has 6 heteroatoms. The summed E-state index contributed by atoms with van der Waals surface area (Å²) in [6.07, 6.45) is 5.56. The number of Topliss-reactive ketones (excluding diaryl/α,β-unsaturated/α-hetero) is 1. The van der Waals surface area contributed by atoms with E-state index in [0.29, 0.717) is 19.1 Å². The van der Waals surface area contributed by atoms with Crippen LogP contribution in [0.25, 0.3) is 0 Å². The molecule has 2 aliphatic heterocycles. The average molecular weight is 350 g/mol. The zero-order valence-corrected chi connectivity index (χ0v) is 15.0. The van der Waals surface area contributed by atoms with Gasteiger partial charge < -0.3 is 14.3 Å². The summed E-state index contributed by atoms with van der Waals surface area (Å²) >= 11 is 0. The SMILES string of the molecule is CC(=O)C(C=O)C(CCC(C)CC1OC(=O)CC1C)C1C=CC(=O)O1. The summed E-state index contributed by atoms with van der Waals surface area (Å²) in [6.45, 7) is 5.46. The van der Waals surface area contributed by atoms with Crippen molar-refractivity contribution in [2.45, 2.75) is 58.7 Å². The van der Waals surface area contributed by atoms with Crippen LogP contribution in [0.5, 0.6) is 0 Å². The quantitative estimate of drug-likeness (QED) is 0.360. The summed E-state index contributed by atoms with van der Waals surface area (Å²) in [6, 6.07) is 0. The Morgan fingerprint density at radius 2 is 2.04 bits per heavy atom. The Hall–Kier alpha value is -1.98. The Kier molecular flexibility index (Phi) is 6.51. The Morgan fingerprint density at radius 3 is 2.52 bits per heavy atom. The molecule has 6 atom stereocenters. The van der Waals surface area contributed by atoms with Crippen LogP contribution in [0.3, 0.4) is 0 Å². The zero-order valence-electron chi connectivity index (χ0n) is 15.0. The van der Waals surface area contributed by atoms with Gasteiger partial charge in [0, 0.05) is 17.9 Å². The first kappa shape index (κ1) is 19.3. The van der Waals surface area contributed by atoms with Gasteiger partial charge in [0.1, 0.15) is 24.3 Å². The number of rotatable bonds is 9. The Morgan fingerprint density at radius 1 is 1.32 bits per heavy atom. The highest BCUT2D eigenvalue weighted by Gasteiger charge is 2.36. The van der Waals surface area contributed by atoms with Crippen molar-refractivity contribution < 1.29 is 28.7 Å². The molecule has 0 radical (unpaired) electrons. The third-order valence-electron chi connectivity index (χ3n) is 5.21. The van der Waals surface area contributed by atoms with Crippen molar-refractivity contribution in [1.29, 1.82) is 0 Å². The summed E-state index contributed by atoms with van der Waals surface area (Å²) in [7, 11) is 0. The van der Waals surface area contributed by atoms with Gasteiger partial charge in [-0.25, -0.2) is 4.79 Å². The topological polar surface area (TPSA) is 86.7 Å². The number of carbonyl (C=O) groups excluding carboxylic acids is 4. The molecule has 0 amide bonds. The number of carbonyl (C=O) groups is 4. The van der Waals surface area contributed by atoms with E-state index in [0.717, 1.165) is 12.8 Å². The van der Waals surface area contributed by atoms with Gasteiger partial charge in [0.2, 0.25) is 0 Å². The molecule has 0 bridgehead atoms. The molecule has 6 unspecified atom stereocenters. The first-order valence-corrected chi connectivity index (χ1v) is 8.85. The molecule has 0 N–H and O–H groups in total. The molecular weight excluding hydrogens is 324 g/mol. The number of cyclic esters (lactones) is 2. The fourth-order valence-corrected chi connectivity index (χ4v) is 3.66. The van der Waals surface area contributed by atoms with Crippen LogP contribution in [0, 0.1) is 23.7 Å². The van der Waals surface area contributed by atoms with E-state index in [1.807, 2.05) is 6.92 Å². The molecule has 0 aromatic heterocycles. The molecule has 0 aromatic carbocycles. The zero-order chi connectivity index (χ0) is 18.6. The Balaban J connectivity index is 1.95. The number of hydrogen-bond acceptors (Lipinski definition) is 6. The van der Waals surface area contributed by atoms with Gasteiger partial charge in [0.05, 0.1) is 12.3 Å². The van der Waals surface area contributed by atoms with Crippen molar-refractivity contribution >= 4 is 24.0 Å². The maximum Gasteiger partial charge on any atom is 0.331 e. The predicted molar refractivity (Wildman–Crippen MR) is 89.4 cm³/mol. The van der Waals surface area contributed by atoms with Crippen LogP contribution in [-0.2, 0) is 28.7 Å². The van der Waals surface area contributed by atoms with Crippen LogP contribution in [-0.4, -0.2) is 36.2 Å². The van der Waals surface area contributed by atoms with Crippen molar-refractivity contribution in [3.05, 3.63) is 12.2 Å². The molecule has 1 saturated heterocycles. The molecule has 138 valence electrons. The van der Waals surface area contributed by atoms with Crippen molar-refractivity contribution in [2.24, 2.45) is 23.7 Å². The first-order chi connectivity index (χ1) is 11.8. The smallest absolute Gasteiger partial charge is 0.331 e. The van der Waals surface area contributed by atoms with Gasteiger partial charge >= 0.3 is 11.9 Å². The molecular formula is C19H26O6. The molecule has 0 spiro atoms. The van der Waals surface area contributed by atoms with E-state index in [1.165, 1.54) is 13.0 Å². The number of aldehydes is 1. The van der Waals surface area contributed by atoms with Gasteiger partial charge in [0.15, 0.2) is 0 Å². The lowest BCUT2D eigenvalue weighted by Crippen LogP contribution is -2.33. The van der Waals surface area contributed by atoms with Crippen LogP contribution < -0.4 is 0 Å². The minimum Gasteiger partial charge on any atom is -0.462 e. The second-order valence-electron chi connectivity index (χ2n) is 7.32. The first-order valence-electron chi connectivity index (χ1n) is 8.85. The highest BCUT2D eigenvalue weighted by atomic mass is 16.6. The van der Waals surface area contributed by atoms with E-state index in [9.17, 15) is 19.2 Å². The van der Waals surface area contributed by atoms with E-state index < -0.39 is 18.0 Å². The summed E-state index contributed by atoms with van der Waals surface area (Å²) < 4.78 is 10.6. The predicted octanol–water partition coefficient (Wildman–Crippen LogP) is 2.25. The molecule has 2 heterocycles. The summed E-state index contributed by atoms with van der Waals surface area (Å²) in [5, 5.41) is 0. The lowest BCUT2D eigenvalue weighted by molar-refractivity contribution is -0.144. The molecule has 25 heavy (non-hydrogen) atoms. The molecule has 2 aliphatic rings. The van der Waals surface area contributed by atoms with Crippen LogP contribution >= 0.6 is 0 Å². The summed E-state index contributed by atoms with van der Waals surface area (Å²) in [5.74, 6) is -1.47. The summed E-state index contributed by atoms with van der Waals surface area (Å²) in [4.78, 5) is 45.9. The van der Waals surface area contributed by atoms with Crippen molar-refractivity contribution in [3.8, 4) is 0 Å². The minimum atomic E-state index is -0.781. The third-order valence-corrected chi connectivity index (χ3v) is 5.21. The molecule has 1 fully saturated rings. The van der Waals surface area contributed by atoms with Gasteiger partial charge in [-0.15, -0.1) is 0 Å². The number of esters is 2. The normalized spacial score (nSPS) is 29.0. The average Bonchev–Trinajstić information content (AvgIpc) is 3.08. The van der Waals surface area contributed by atoms with Gasteiger partial charge in [0.25, 0.3) is 0 Å². The maximum absolute atomic E-state index is 11.8. The van der Waals surface area contributed by atoms with E-state index >= 15 is 0 Å².